The van der Waals surface area contributed by atoms with Crippen molar-refractivity contribution in [2.45, 2.75) is 25.4 Å². The van der Waals surface area contributed by atoms with E-state index in [1.165, 1.54) is 6.07 Å². The smallest absolute Gasteiger partial charge is 0.320 e. The Labute approximate surface area is 120 Å². The third-order valence-corrected chi connectivity index (χ3v) is 3.66. The highest BCUT2D eigenvalue weighted by Gasteiger charge is 2.30. The van der Waals surface area contributed by atoms with Gasteiger partial charge in [-0.1, -0.05) is 6.07 Å². The molecule has 18 heavy (non-hydrogen) atoms. The molecule has 1 fully saturated rings. The molecule has 2 rings (SSSR count). The normalized spacial score (nSPS) is 19.6. The zero-order valence-corrected chi connectivity index (χ0v) is 12.0. The van der Waals surface area contributed by atoms with Crippen molar-refractivity contribution in [2.24, 2.45) is 0 Å². The fourth-order valence-electron chi connectivity index (χ4n) is 2.17. The molecule has 3 nitrogen and oxygen atoms in total. The second-order valence-electron chi connectivity index (χ2n) is 4.22. The van der Waals surface area contributed by atoms with Gasteiger partial charge in [-0.05, 0) is 53.0 Å². The number of benzene rings is 1. The average Bonchev–Trinajstić information content (AvgIpc) is 2.72. The summed E-state index contributed by atoms with van der Waals surface area (Å²) < 4.78 is 13.8. The Morgan fingerprint density at radius 3 is 2.89 bits per heavy atom. The molecule has 1 aromatic rings. The highest BCUT2D eigenvalue weighted by molar-refractivity contribution is 9.10. The van der Waals surface area contributed by atoms with Gasteiger partial charge < -0.3 is 5.11 Å². The van der Waals surface area contributed by atoms with Crippen LogP contribution in [0.3, 0.4) is 0 Å². The number of carbonyl (C=O) groups is 1. The van der Waals surface area contributed by atoms with Crippen LogP contribution in [0.1, 0.15) is 18.4 Å². The van der Waals surface area contributed by atoms with E-state index in [0.29, 0.717) is 17.4 Å². The molecule has 1 aromatic carbocycles. The molecule has 100 valence electrons. The van der Waals surface area contributed by atoms with Crippen molar-refractivity contribution >= 4 is 34.3 Å². The minimum atomic E-state index is -0.792. The van der Waals surface area contributed by atoms with Crippen molar-refractivity contribution in [1.82, 2.24) is 4.90 Å². The van der Waals surface area contributed by atoms with Crippen LogP contribution in [0.15, 0.2) is 22.7 Å². The van der Waals surface area contributed by atoms with Crippen LogP contribution in [0.5, 0.6) is 0 Å². The van der Waals surface area contributed by atoms with E-state index in [4.69, 9.17) is 5.11 Å². The molecule has 1 aliphatic rings. The van der Waals surface area contributed by atoms with Gasteiger partial charge in [-0.25, -0.2) is 4.39 Å². The van der Waals surface area contributed by atoms with Crippen LogP contribution in [0.2, 0.25) is 0 Å². The first-order valence-electron chi connectivity index (χ1n) is 5.48. The number of rotatable bonds is 3. The summed E-state index contributed by atoms with van der Waals surface area (Å²) >= 11 is 3.09. The fraction of sp³-hybridized carbons (Fsp3) is 0.417. The first-order valence-corrected chi connectivity index (χ1v) is 6.28. The number of nitrogens with zero attached hydrogens (tertiary/aromatic N) is 1. The molecule has 1 unspecified atom stereocenters. The lowest BCUT2D eigenvalue weighted by molar-refractivity contribution is -0.142. The maximum atomic E-state index is 13.3. The van der Waals surface area contributed by atoms with Gasteiger partial charge in [0.15, 0.2) is 0 Å². The lowest BCUT2D eigenvalue weighted by atomic mass is 10.2. The zero-order valence-electron chi connectivity index (χ0n) is 9.60. The van der Waals surface area contributed by atoms with E-state index < -0.39 is 12.0 Å². The third-order valence-electron chi connectivity index (χ3n) is 3.02. The Morgan fingerprint density at radius 2 is 2.28 bits per heavy atom. The van der Waals surface area contributed by atoms with E-state index in [9.17, 15) is 9.18 Å². The summed E-state index contributed by atoms with van der Waals surface area (Å²) in [6, 6.07) is 4.48. The Bertz CT molecular complexity index is 444. The minimum Gasteiger partial charge on any atom is -0.480 e. The first kappa shape index (κ1) is 15.4. The second-order valence-corrected chi connectivity index (χ2v) is 5.07. The van der Waals surface area contributed by atoms with Gasteiger partial charge in [0.1, 0.15) is 11.9 Å². The molecule has 0 spiro atoms. The van der Waals surface area contributed by atoms with Crippen molar-refractivity contribution in [2.75, 3.05) is 6.54 Å². The van der Waals surface area contributed by atoms with E-state index in [1.54, 1.807) is 6.07 Å². The van der Waals surface area contributed by atoms with Crippen LogP contribution in [-0.2, 0) is 11.3 Å². The highest BCUT2D eigenvalue weighted by atomic mass is 79.9. The predicted octanol–water partition coefficient (Wildman–Crippen LogP) is 3.06. The molecule has 1 saturated heterocycles. The lowest BCUT2D eigenvalue weighted by Gasteiger charge is -2.21. The summed E-state index contributed by atoms with van der Waals surface area (Å²) in [6.45, 7) is 1.25. The molecule has 0 bridgehead atoms. The van der Waals surface area contributed by atoms with E-state index in [-0.39, 0.29) is 18.2 Å². The van der Waals surface area contributed by atoms with E-state index in [0.717, 1.165) is 18.5 Å². The Hall–Kier alpha value is -0.650. The Kier molecular flexibility index (Phi) is 5.56. The average molecular weight is 339 g/mol. The lowest BCUT2D eigenvalue weighted by Crippen LogP contribution is -2.35. The van der Waals surface area contributed by atoms with Crippen LogP contribution in [0, 0.1) is 5.82 Å². The van der Waals surface area contributed by atoms with E-state index in [2.05, 4.69) is 15.9 Å². The standard InChI is InChI=1S/C12H13BrFNO2.ClH/c13-9-4-3-8(6-10(9)14)7-15-5-1-2-11(15)12(16)17;/h3-4,6,11H,1-2,5,7H2,(H,16,17);1H. The molecule has 0 aliphatic carbocycles. The summed E-state index contributed by atoms with van der Waals surface area (Å²) in [6.07, 6.45) is 1.56. The minimum absolute atomic E-state index is 0. The predicted molar refractivity (Wildman–Crippen MR) is 72.4 cm³/mol. The van der Waals surface area contributed by atoms with E-state index >= 15 is 0 Å². The van der Waals surface area contributed by atoms with Crippen molar-refractivity contribution < 1.29 is 14.3 Å². The Morgan fingerprint density at radius 1 is 1.56 bits per heavy atom. The van der Waals surface area contributed by atoms with Gasteiger partial charge in [0, 0.05) is 6.54 Å². The summed E-state index contributed by atoms with van der Waals surface area (Å²) in [7, 11) is 0. The quantitative estimate of drug-likeness (QED) is 0.921. The molecule has 1 heterocycles. The molecule has 1 aliphatic heterocycles. The first-order chi connectivity index (χ1) is 8.08. The molecule has 6 heteroatoms. The van der Waals surface area contributed by atoms with Gasteiger partial charge in [-0.3, -0.25) is 9.69 Å². The highest BCUT2D eigenvalue weighted by Crippen LogP contribution is 2.22. The molecule has 0 aromatic heterocycles. The van der Waals surface area contributed by atoms with Gasteiger partial charge in [0.25, 0.3) is 0 Å². The monoisotopic (exact) mass is 337 g/mol. The van der Waals surface area contributed by atoms with Crippen molar-refractivity contribution in [3.63, 3.8) is 0 Å². The van der Waals surface area contributed by atoms with Crippen LogP contribution in [0.25, 0.3) is 0 Å². The second kappa shape index (κ2) is 6.50. The topological polar surface area (TPSA) is 40.5 Å². The number of carboxylic acid groups (broad SMARTS) is 1. The SMILES string of the molecule is Cl.O=C(O)C1CCCN1Cc1ccc(Br)c(F)c1. The van der Waals surface area contributed by atoms with Crippen molar-refractivity contribution in [3.8, 4) is 0 Å². The molecule has 1 N–H and O–H groups in total. The molecule has 0 amide bonds. The zero-order chi connectivity index (χ0) is 12.4. The summed E-state index contributed by atoms with van der Waals surface area (Å²) in [4.78, 5) is 12.9. The van der Waals surface area contributed by atoms with Gasteiger partial charge >= 0.3 is 5.97 Å². The van der Waals surface area contributed by atoms with Crippen molar-refractivity contribution in [1.29, 1.82) is 0 Å². The number of halogens is 3. The molecule has 0 saturated carbocycles. The van der Waals surface area contributed by atoms with Gasteiger partial charge in [-0.15, -0.1) is 12.4 Å². The number of aliphatic carboxylic acids is 1. The summed E-state index contributed by atoms with van der Waals surface area (Å²) in [5.74, 6) is -1.10. The summed E-state index contributed by atoms with van der Waals surface area (Å²) in [5.41, 5.74) is 0.804. The molecular weight excluding hydrogens is 324 g/mol. The van der Waals surface area contributed by atoms with Gasteiger partial charge in [0.05, 0.1) is 4.47 Å². The molecular formula is C12H14BrClFNO2. The molecule has 0 radical (unpaired) electrons. The molecule has 1 atom stereocenters. The van der Waals surface area contributed by atoms with Gasteiger partial charge in [0.2, 0.25) is 0 Å². The number of hydrogen-bond donors (Lipinski definition) is 1. The van der Waals surface area contributed by atoms with E-state index in [1.807, 2.05) is 11.0 Å². The Balaban J connectivity index is 0.00000162. The number of carboxylic acids is 1. The maximum absolute atomic E-state index is 13.3. The van der Waals surface area contributed by atoms with Crippen LogP contribution < -0.4 is 0 Å². The van der Waals surface area contributed by atoms with Crippen LogP contribution in [0.4, 0.5) is 4.39 Å². The number of likely N-dealkylation sites (tertiary alicyclic amines) is 1. The van der Waals surface area contributed by atoms with Crippen molar-refractivity contribution in [3.05, 3.63) is 34.1 Å². The summed E-state index contributed by atoms with van der Waals surface area (Å²) in [5, 5.41) is 9.04. The van der Waals surface area contributed by atoms with Crippen LogP contribution in [-0.4, -0.2) is 28.6 Å². The fourth-order valence-corrected chi connectivity index (χ4v) is 2.41. The number of hydrogen-bond acceptors (Lipinski definition) is 2. The largest absolute Gasteiger partial charge is 0.480 e. The van der Waals surface area contributed by atoms with Crippen LogP contribution >= 0.6 is 28.3 Å². The maximum Gasteiger partial charge on any atom is 0.320 e. The van der Waals surface area contributed by atoms with Gasteiger partial charge in [-0.2, -0.15) is 0 Å². The third kappa shape index (κ3) is 3.43.